The fourth-order valence-electron chi connectivity index (χ4n) is 3.07. The number of rotatable bonds is 5. The SMILES string of the molecule is CCCC(C)C(=O)Nc1ccc2nc(-c3ccc(C(C)(C)C)cc3)oc2c1. The van der Waals surface area contributed by atoms with Crippen molar-refractivity contribution in [1.82, 2.24) is 4.98 Å². The lowest BCUT2D eigenvalue weighted by Gasteiger charge is -2.18. The Kier molecular flexibility index (Phi) is 5.36. The van der Waals surface area contributed by atoms with Crippen molar-refractivity contribution in [3.63, 3.8) is 0 Å². The van der Waals surface area contributed by atoms with Crippen LogP contribution in [0.2, 0.25) is 0 Å². The molecule has 0 aliphatic rings. The monoisotopic (exact) mass is 364 g/mol. The van der Waals surface area contributed by atoms with Gasteiger partial charge in [-0.05, 0) is 41.7 Å². The lowest BCUT2D eigenvalue weighted by Crippen LogP contribution is -2.20. The number of carbonyl (C=O) groups is 1. The molecule has 1 amide bonds. The van der Waals surface area contributed by atoms with E-state index in [2.05, 4.69) is 50.1 Å². The Labute approximate surface area is 161 Å². The number of nitrogens with zero attached hydrogens (tertiary/aromatic N) is 1. The number of carbonyl (C=O) groups excluding carboxylic acids is 1. The summed E-state index contributed by atoms with van der Waals surface area (Å²) in [5.74, 6) is 0.624. The molecule has 2 aromatic carbocycles. The van der Waals surface area contributed by atoms with Crippen molar-refractivity contribution in [3.8, 4) is 11.5 Å². The van der Waals surface area contributed by atoms with Gasteiger partial charge in [-0.25, -0.2) is 4.98 Å². The topological polar surface area (TPSA) is 55.1 Å². The van der Waals surface area contributed by atoms with Crippen LogP contribution in [0.25, 0.3) is 22.6 Å². The zero-order valence-electron chi connectivity index (χ0n) is 16.8. The number of nitrogens with one attached hydrogen (secondary N) is 1. The highest BCUT2D eigenvalue weighted by molar-refractivity contribution is 5.94. The fraction of sp³-hybridized carbons (Fsp3) is 0.391. The summed E-state index contributed by atoms with van der Waals surface area (Å²) in [6.45, 7) is 10.6. The molecule has 0 fully saturated rings. The Morgan fingerprint density at radius 2 is 1.85 bits per heavy atom. The highest BCUT2D eigenvalue weighted by Gasteiger charge is 2.16. The zero-order chi connectivity index (χ0) is 19.6. The van der Waals surface area contributed by atoms with Crippen LogP contribution in [0.15, 0.2) is 46.9 Å². The van der Waals surface area contributed by atoms with Crippen molar-refractivity contribution in [1.29, 1.82) is 0 Å². The van der Waals surface area contributed by atoms with Crippen LogP contribution < -0.4 is 5.32 Å². The summed E-state index contributed by atoms with van der Waals surface area (Å²) in [6, 6.07) is 13.9. The minimum atomic E-state index is -0.00249. The number of anilines is 1. The lowest BCUT2D eigenvalue weighted by molar-refractivity contribution is -0.119. The van der Waals surface area contributed by atoms with E-state index in [9.17, 15) is 4.79 Å². The van der Waals surface area contributed by atoms with E-state index >= 15 is 0 Å². The van der Waals surface area contributed by atoms with Crippen LogP contribution in [0.1, 0.15) is 53.0 Å². The molecule has 0 aliphatic heterocycles. The predicted octanol–water partition coefficient (Wildman–Crippen LogP) is 6.17. The average molecular weight is 364 g/mol. The lowest BCUT2D eigenvalue weighted by atomic mass is 9.87. The summed E-state index contributed by atoms with van der Waals surface area (Å²) in [5, 5.41) is 2.97. The first-order valence-corrected chi connectivity index (χ1v) is 9.60. The highest BCUT2D eigenvalue weighted by Crippen LogP contribution is 2.29. The second kappa shape index (κ2) is 7.55. The average Bonchev–Trinajstić information content (AvgIpc) is 3.04. The van der Waals surface area contributed by atoms with Gasteiger partial charge in [-0.15, -0.1) is 0 Å². The second-order valence-corrected chi connectivity index (χ2v) is 8.21. The van der Waals surface area contributed by atoms with E-state index in [-0.39, 0.29) is 17.2 Å². The molecule has 1 unspecified atom stereocenters. The number of aromatic nitrogens is 1. The Hall–Kier alpha value is -2.62. The number of oxazole rings is 1. The maximum absolute atomic E-state index is 12.2. The molecule has 0 aliphatic carbocycles. The normalized spacial score (nSPS) is 12.9. The predicted molar refractivity (Wildman–Crippen MR) is 111 cm³/mol. The smallest absolute Gasteiger partial charge is 0.227 e. The van der Waals surface area contributed by atoms with Gasteiger partial charge in [0, 0.05) is 23.2 Å². The molecule has 142 valence electrons. The maximum Gasteiger partial charge on any atom is 0.227 e. The van der Waals surface area contributed by atoms with Gasteiger partial charge in [0.1, 0.15) is 5.52 Å². The van der Waals surface area contributed by atoms with Gasteiger partial charge in [0.25, 0.3) is 0 Å². The summed E-state index contributed by atoms with van der Waals surface area (Å²) in [7, 11) is 0. The van der Waals surface area contributed by atoms with Crippen LogP contribution in [0.5, 0.6) is 0 Å². The molecule has 3 rings (SSSR count). The van der Waals surface area contributed by atoms with Crippen molar-refractivity contribution in [2.75, 3.05) is 5.32 Å². The third kappa shape index (κ3) is 4.38. The number of hydrogen-bond donors (Lipinski definition) is 1. The van der Waals surface area contributed by atoms with E-state index in [0.29, 0.717) is 11.5 Å². The summed E-state index contributed by atoms with van der Waals surface area (Å²) in [4.78, 5) is 16.8. The molecule has 1 aromatic heterocycles. The number of benzene rings is 2. The van der Waals surface area contributed by atoms with Gasteiger partial charge in [-0.1, -0.05) is 53.2 Å². The molecule has 4 nitrogen and oxygen atoms in total. The van der Waals surface area contributed by atoms with Gasteiger partial charge in [0.2, 0.25) is 11.8 Å². The maximum atomic E-state index is 12.2. The van der Waals surface area contributed by atoms with Crippen molar-refractivity contribution in [2.45, 2.75) is 52.9 Å². The van der Waals surface area contributed by atoms with Gasteiger partial charge >= 0.3 is 0 Å². The van der Waals surface area contributed by atoms with Crippen LogP contribution >= 0.6 is 0 Å². The molecule has 27 heavy (non-hydrogen) atoms. The van der Waals surface area contributed by atoms with Crippen molar-refractivity contribution >= 4 is 22.7 Å². The van der Waals surface area contributed by atoms with Crippen LogP contribution in [-0.4, -0.2) is 10.9 Å². The summed E-state index contributed by atoms with van der Waals surface area (Å²) in [5.41, 5.74) is 4.52. The number of fused-ring (bicyclic) bond motifs is 1. The molecular formula is C23H28N2O2. The quantitative estimate of drug-likeness (QED) is 0.589. The molecule has 1 heterocycles. The third-order valence-electron chi connectivity index (χ3n) is 4.82. The van der Waals surface area contributed by atoms with Crippen LogP contribution in [0.3, 0.4) is 0 Å². The Morgan fingerprint density at radius 3 is 2.48 bits per heavy atom. The van der Waals surface area contributed by atoms with Gasteiger partial charge in [-0.3, -0.25) is 4.79 Å². The molecule has 4 heteroatoms. The van der Waals surface area contributed by atoms with E-state index in [1.165, 1.54) is 5.56 Å². The minimum absolute atomic E-state index is 0.00249. The molecule has 0 bridgehead atoms. The summed E-state index contributed by atoms with van der Waals surface area (Å²) >= 11 is 0. The van der Waals surface area contributed by atoms with E-state index in [0.717, 1.165) is 29.6 Å². The van der Waals surface area contributed by atoms with E-state index in [1.807, 2.05) is 37.3 Å². The molecule has 1 N–H and O–H groups in total. The standard InChI is InChI=1S/C23H28N2O2/c1-6-7-15(2)21(26)24-18-12-13-19-20(14-18)27-22(25-19)16-8-10-17(11-9-16)23(3,4)5/h8-15H,6-7H2,1-5H3,(H,24,26). The molecule has 0 saturated heterocycles. The number of hydrogen-bond acceptors (Lipinski definition) is 3. The van der Waals surface area contributed by atoms with Gasteiger partial charge in [0.05, 0.1) is 0 Å². The van der Waals surface area contributed by atoms with Crippen molar-refractivity contribution in [3.05, 3.63) is 48.0 Å². The van der Waals surface area contributed by atoms with Crippen LogP contribution in [-0.2, 0) is 10.2 Å². The summed E-state index contributed by atoms with van der Waals surface area (Å²) in [6.07, 6.45) is 1.87. The van der Waals surface area contributed by atoms with E-state index < -0.39 is 0 Å². The Bertz CT molecular complexity index is 933. The van der Waals surface area contributed by atoms with Crippen LogP contribution in [0.4, 0.5) is 5.69 Å². The van der Waals surface area contributed by atoms with Crippen molar-refractivity contribution < 1.29 is 9.21 Å². The third-order valence-corrected chi connectivity index (χ3v) is 4.82. The first-order valence-electron chi connectivity index (χ1n) is 9.60. The molecule has 0 saturated carbocycles. The second-order valence-electron chi connectivity index (χ2n) is 8.21. The van der Waals surface area contributed by atoms with Gasteiger partial charge < -0.3 is 9.73 Å². The van der Waals surface area contributed by atoms with E-state index in [4.69, 9.17) is 4.42 Å². The summed E-state index contributed by atoms with van der Waals surface area (Å²) < 4.78 is 5.95. The van der Waals surface area contributed by atoms with Crippen LogP contribution in [0, 0.1) is 5.92 Å². The Morgan fingerprint density at radius 1 is 1.15 bits per heavy atom. The molecule has 0 spiro atoms. The van der Waals surface area contributed by atoms with Gasteiger partial charge in [0.15, 0.2) is 5.58 Å². The molecule has 1 atom stereocenters. The Balaban J connectivity index is 1.82. The first-order chi connectivity index (χ1) is 12.8. The van der Waals surface area contributed by atoms with Crippen molar-refractivity contribution in [2.24, 2.45) is 5.92 Å². The van der Waals surface area contributed by atoms with E-state index in [1.54, 1.807) is 0 Å². The molecular weight excluding hydrogens is 336 g/mol. The largest absolute Gasteiger partial charge is 0.436 e. The molecule has 3 aromatic rings. The molecule has 0 radical (unpaired) electrons. The van der Waals surface area contributed by atoms with Gasteiger partial charge in [-0.2, -0.15) is 0 Å². The minimum Gasteiger partial charge on any atom is -0.436 e. The number of amides is 1. The first kappa shape index (κ1) is 19.2. The highest BCUT2D eigenvalue weighted by atomic mass is 16.3. The zero-order valence-corrected chi connectivity index (χ0v) is 16.8. The fourth-order valence-corrected chi connectivity index (χ4v) is 3.07.